The summed E-state index contributed by atoms with van der Waals surface area (Å²) >= 11 is 0. The molecule has 7 nitrogen and oxygen atoms in total. The molecule has 0 saturated heterocycles. The van der Waals surface area contributed by atoms with E-state index in [0.717, 1.165) is 11.3 Å². The Kier molecular flexibility index (Phi) is 5.94. The van der Waals surface area contributed by atoms with Crippen molar-refractivity contribution < 1.29 is 9.53 Å². The Morgan fingerprint density at radius 1 is 0.926 bits per heavy atom. The first kappa shape index (κ1) is 18.3. The lowest BCUT2D eigenvalue weighted by Crippen LogP contribution is -2.19. The van der Waals surface area contributed by atoms with Crippen molar-refractivity contribution in [1.82, 2.24) is 15.0 Å². The molecule has 7 heteroatoms. The second kappa shape index (κ2) is 8.75. The van der Waals surface area contributed by atoms with Gasteiger partial charge in [0.15, 0.2) is 5.82 Å². The molecule has 3 aromatic rings. The van der Waals surface area contributed by atoms with Gasteiger partial charge in [0.25, 0.3) is 0 Å². The van der Waals surface area contributed by atoms with E-state index < -0.39 is 6.09 Å². The van der Waals surface area contributed by atoms with E-state index in [1.165, 1.54) is 0 Å². The number of anilines is 3. The number of amides is 1. The molecule has 138 valence electrons. The molecule has 0 unspecified atom stereocenters. The standard InChI is InChI=1S/C20H21N5O2/c1-14(2)13-27-20(26)25-19-23-17(15-9-5-3-6-10-15)22-18(24-19)21-16-11-7-4-8-12-16/h3-12,14H,13H2,1-2H3,(H2,21,22,23,24,25,26). The van der Waals surface area contributed by atoms with Crippen LogP contribution in [0, 0.1) is 5.92 Å². The summed E-state index contributed by atoms with van der Waals surface area (Å²) in [5.41, 5.74) is 1.64. The van der Waals surface area contributed by atoms with Gasteiger partial charge in [0.1, 0.15) is 0 Å². The van der Waals surface area contributed by atoms with E-state index in [0.29, 0.717) is 18.4 Å². The molecule has 0 saturated carbocycles. The van der Waals surface area contributed by atoms with Gasteiger partial charge in [-0.3, -0.25) is 5.32 Å². The number of aromatic nitrogens is 3. The van der Waals surface area contributed by atoms with Gasteiger partial charge < -0.3 is 10.1 Å². The summed E-state index contributed by atoms with van der Waals surface area (Å²) in [6.07, 6.45) is -0.598. The van der Waals surface area contributed by atoms with Crippen molar-refractivity contribution in [2.45, 2.75) is 13.8 Å². The molecule has 3 rings (SSSR count). The van der Waals surface area contributed by atoms with Gasteiger partial charge in [0.2, 0.25) is 11.9 Å². The number of hydrogen-bond donors (Lipinski definition) is 2. The van der Waals surface area contributed by atoms with Gasteiger partial charge in [-0.2, -0.15) is 15.0 Å². The normalized spacial score (nSPS) is 10.5. The number of nitrogens with one attached hydrogen (secondary N) is 2. The van der Waals surface area contributed by atoms with Gasteiger partial charge in [-0.25, -0.2) is 4.79 Å². The second-order valence-corrected chi connectivity index (χ2v) is 6.28. The van der Waals surface area contributed by atoms with E-state index in [4.69, 9.17) is 4.74 Å². The number of nitrogens with zero attached hydrogens (tertiary/aromatic N) is 3. The molecular formula is C20H21N5O2. The fraction of sp³-hybridized carbons (Fsp3) is 0.200. The van der Waals surface area contributed by atoms with E-state index in [1.54, 1.807) is 0 Å². The lowest BCUT2D eigenvalue weighted by atomic mass is 10.2. The van der Waals surface area contributed by atoms with Crippen LogP contribution in [0.3, 0.4) is 0 Å². The molecule has 27 heavy (non-hydrogen) atoms. The molecule has 1 amide bonds. The number of ether oxygens (including phenoxy) is 1. The molecule has 0 aliphatic rings. The van der Waals surface area contributed by atoms with E-state index in [1.807, 2.05) is 74.5 Å². The average molecular weight is 363 g/mol. The monoisotopic (exact) mass is 363 g/mol. The fourth-order valence-corrected chi connectivity index (χ4v) is 2.22. The number of benzene rings is 2. The first-order chi connectivity index (χ1) is 13.1. The van der Waals surface area contributed by atoms with Crippen LogP contribution in [0.4, 0.5) is 22.4 Å². The van der Waals surface area contributed by atoms with Crippen LogP contribution in [0.2, 0.25) is 0 Å². The minimum atomic E-state index is -0.598. The predicted molar refractivity (Wildman–Crippen MR) is 105 cm³/mol. The van der Waals surface area contributed by atoms with Crippen LogP contribution < -0.4 is 10.6 Å². The van der Waals surface area contributed by atoms with Crippen LogP contribution in [0.5, 0.6) is 0 Å². The lowest BCUT2D eigenvalue weighted by molar-refractivity contribution is 0.147. The fourth-order valence-electron chi connectivity index (χ4n) is 2.22. The maximum absolute atomic E-state index is 12.0. The summed E-state index contributed by atoms with van der Waals surface area (Å²) < 4.78 is 5.14. The van der Waals surface area contributed by atoms with Crippen LogP contribution in [-0.2, 0) is 4.74 Å². The number of carbonyl (C=O) groups is 1. The Hall–Kier alpha value is -3.48. The zero-order chi connectivity index (χ0) is 19.1. The summed E-state index contributed by atoms with van der Waals surface area (Å²) in [6, 6.07) is 19.0. The highest BCUT2D eigenvalue weighted by Crippen LogP contribution is 2.20. The number of hydrogen-bond acceptors (Lipinski definition) is 6. The first-order valence-corrected chi connectivity index (χ1v) is 8.67. The third kappa shape index (κ3) is 5.50. The van der Waals surface area contributed by atoms with Crippen molar-refractivity contribution in [3.63, 3.8) is 0 Å². The number of rotatable bonds is 6. The van der Waals surface area contributed by atoms with Crippen molar-refractivity contribution in [1.29, 1.82) is 0 Å². The van der Waals surface area contributed by atoms with Crippen molar-refractivity contribution in [3.05, 3.63) is 60.7 Å². The summed E-state index contributed by atoms with van der Waals surface area (Å²) in [5.74, 6) is 1.14. The summed E-state index contributed by atoms with van der Waals surface area (Å²) in [7, 11) is 0. The molecule has 0 aliphatic heterocycles. The molecule has 0 fully saturated rings. The summed E-state index contributed by atoms with van der Waals surface area (Å²) in [5, 5.41) is 5.69. The highest BCUT2D eigenvalue weighted by molar-refractivity contribution is 5.82. The molecule has 1 aromatic heterocycles. The molecule has 0 bridgehead atoms. The van der Waals surface area contributed by atoms with Crippen molar-refractivity contribution in [2.75, 3.05) is 17.2 Å². The number of para-hydroxylation sites is 1. The van der Waals surface area contributed by atoms with Crippen molar-refractivity contribution in [3.8, 4) is 11.4 Å². The van der Waals surface area contributed by atoms with Gasteiger partial charge in [-0.1, -0.05) is 62.4 Å². The second-order valence-electron chi connectivity index (χ2n) is 6.28. The van der Waals surface area contributed by atoms with Crippen LogP contribution in [0.1, 0.15) is 13.8 Å². The van der Waals surface area contributed by atoms with Gasteiger partial charge in [0, 0.05) is 11.3 Å². The van der Waals surface area contributed by atoms with E-state index in [9.17, 15) is 4.79 Å². The topological polar surface area (TPSA) is 89.0 Å². The van der Waals surface area contributed by atoms with Crippen LogP contribution in [-0.4, -0.2) is 27.7 Å². The maximum Gasteiger partial charge on any atom is 0.414 e. The molecule has 0 spiro atoms. The van der Waals surface area contributed by atoms with Crippen molar-refractivity contribution >= 4 is 23.7 Å². The molecule has 1 heterocycles. The minimum Gasteiger partial charge on any atom is -0.449 e. The summed E-state index contributed by atoms with van der Waals surface area (Å²) in [4.78, 5) is 25.0. The maximum atomic E-state index is 12.0. The smallest absolute Gasteiger partial charge is 0.414 e. The van der Waals surface area contributed by atoms with Gasteiger partial charge >= 0.3 is 6.09 Å². The van der Waals surface area contributed by atoms with E-state index in [2.05, 4.69) is 25.6 Å². The Morgan fingerprint density at radius 3 is 2.22 bits per heavy atom. The average Bonchev–Trinajstić information content (AvgIpc) is 2.68. The minimum absolute atomic E-state index is 0.121. The lowest BCUT2D eigenvalue weighted by Gasteiger charge is -2.11. The summed E-state index contributed by atoms with van der Waals surface area (Å²) in [6.45, 7) is 4.24. The first-order valence-electron chi connectivity index (χ1n) is 8.67. The van der Waals surface area contributed by atoms with Crippen LogP contribution >= 0.6 is 0 Å². The van der Waals surface area contributed by atoms with Crippen molar-refractivity contribution in [2.24, 2.45) is 5.92 Å². The highest BCUT2D eigenvalue weighted by atomic mass is 16.5. The molecule has 2 N–H and O–H groups in total. The third-order valence-electron chi connectivity index (χ3n) is 3.46. The third-order valence-corrected chi connectivity index (χ3v) is 3.46. The van der Waals surface area contributed by atoms with Gasteiger partial charge in [-0.05, 0) is 18.1 Å². The molecular weight excluding hydrogens is 342 g/mol. The zero-order valence-corrected chi connectivity index (χ0v) is 15.2. The van der Waals surface area contributed by atoms with E-state index >= 15 is 0 Å². The predicted octanol–water partition coefficient (Wildman–Crippen LogP) is 4.49. The molecule has 2 aromatic carbocycles. The Bertz CT molecular complexity index is 885. The van der Waals surface area contributed by atoms with Gasteiger partial charge in [0.05, 0.1) is 6.61 Å². The van der Waals surface area contributed by atoms with E-state index in [-0.39, 0.29) is 11.9 Å². The Morgan fingerprint density at radius 2 is 1.56 bits per heavy atom. The number of carbonyl (C=O) groups excluding carboxylic acids is 1. The van der Waals surface area contributed by atoms with Crippen LogP contribution in [0.25, 0.3) is 11.4 Å². The highest BCUT2D eigenvalue weighted by Gasteiger charge is 2.12. The SMILES string of the molecule is CC(C)COC(=O)Nc1nc(Nc2ccccc2)nc(-c2ccccc2)n1. The largest absolute Gasteiger partial charge is 0.449 e. The Labute approximate surface area is 157 Å². The molecule has 0 radical (unpaired) electrons. The quantitative estimate of drug-likeness (QED) is 0.671. The molecule has 0 aliphatic carbocycles. The van der Waals surface area contributed by atoms with Gasteiger partial charge in [-0.15, -0.1) is 0 Å². The zero-order valence-electron chi connectivity index (χ0n) is 15.2. The van der Waals surface area contributed by atoms with Crippen LogP contribution in [0.15, 0.2) is 60.7 Å². The Balaban J connectivity index is 1.87. The molecule has 0 atom stereocenters.